The zero-order chi connectivity index (χ0) is 50.6. The molecule has 0 aromatic carbocycles. The zero-order valence-corrected chi connectivity index (χ0v) is 46.0. The lowest BCUT2D eigenvalue weighted by molar-refractivity contribution is -0.162. The first-order chi connectivity index (χ1) is 34.6. The minimum absolute atomic E-state index is 0.0376. The SMILES string of the molecule is CC/C=C\C/C=C\C/C=C\C/C=C\C/C=C\C/C=C\CCC(=O)OCC(COCCCCCCCCC/C=C\C/C=C\C/C=C\CCCCC)OC(=O)CCCCCCCCCCCCCCCCC. The summed E-state index contributed by atoms with van der Waals surface area (Å²) in [7, 11) is 0. The molecule has 400 valence electrons. The van der Waals surface area contributed by atoms with E-state index < -0.39 is 6.10 Å². The van der Waals surface area contributed by atoms with Gasteiger partial charge in [0, 0.05) is 19.4 Å². The first-order valence-electron chi connectivity index (χ1n) is 29.4. The van der Waals surface area contributed by atoms with E-state index >= 15 is 0 Å². The summed E-state index contributed by atoms with van der Waals surface area (Å²) in [6.07, 6.45) is 82.6. The average molecular weight is 972 g/mol. The molecule has 0 bridgehead atoms. The molecular weight excluding hydrogens is 861 g/mol. The van der Waals surface area contributed by atoms with Gasteiger partial charge in [0.1, 0.15) is 6.61 Å². The molecule has 0 heterocycles. The van der Waals surface area contributed by atoms with Gasteiger partial charge >= 0.3 is 11.9 Å². The Morgan fingerprint density at radius 3 is 1.11 bits per heavy atom. The van der Waals surface area contributed by atoms with Crippen molar-refractivity contribution in [1.29, 1.82) is 0 Å². The van der Waals surface area contributed by atoms with Crippen LogP contribution in [0.5, 0.6) is 0 Å². The Morgan fingerprint density at radius 2 is 0.671 bits per heavy atom. The third kappa shape index (κ3) is 57.1. The first kappa shape index (κ1) is 66.6. The van der Waals surface area contributed by atoms with Gasteiger partial charge in [-0.25, -0.2) is 0 Å². The fourth-order valence-corrected chi connectivity index (χ4v) is 7.96. The first-order valence-corrected chi connectivity index (χ1v) is 29.4. The largest absolute Gasteiger partial charge is 0.462 e. The standard InChI is InChI=1S/C65H110O5/c1-4-7-10-13-16-19-22-25-28-30-32-34-36-39-42-45-48-51-54-57-60-68-61-63(70-65(67)59-56-53-50-47-44-41-37-27-24-21-18-15-12-9-6-3)62-69-64(66)58-55-52-49-46-43-40-38-35-33-31-29-26-23-20-17-14-11-8-5-2/h8,11,16-17,19-20,25-26,28-29,32-35,40,43,49,52,63H,4-7,9-10,12-15,18,21-24,27,30-31,36-39,41-42,44-48,50-51,53-62H2,1-3H3/b11-8-,19-16-,20-17-,28-25-,29-26-,34-32-,35-33-,43-40-,52-49-. The Balaban J connectivity index is 4.40. The number of hydrogen-bond donors (Lipinski definition) is 0. The number of carbonyl (C=O) groups excluding carboxylic acids is 2. The van der Waals surface area contributed by atoms with Crippen LogP contribution >= 0.6 is 0 Å². The molecular formula is C65H110O5. The lowest BCUT2D eigenvalue weighted by Gasteiger charge is -2.18. The molecule has 0 aromatic heterocycles. The van der Waals surface area contributed by atoms with Gasteiger partial charge in [0.15, 0.2) is 6.10 Å². The summed E-state index contributed by atoms with van der Waals surface area (Å²) in [4.78, 5) is 25.5. The van der Waals surface area contributed by atoms with Crippen molar-refractivity contribution in [1.82, 2.24) is 0 Å². The van der Waals surface area contributed by atoms with E-state index in [2.05, 4.69) is 124 Å². The zero-order valence-electron chi connectivity index (χ0n) is 46.0. The topological polar surface area (TPSA) is 61.8 Å². The van der Waals surface area contributed by atoms with Crippen molar-refractivity contribution in [3.8, 4) is 0 Å². The molecule has 0 aliphatic rings. The number of allylic oxidation sites excluding steroid dienone is 18. The van der Waals surface area contributed by atoms with E-state index in [4.69, 9.17) is 14.2 Å². The highest BCUT2D eigenvalue weighted by atomic mass is 16.6. The molecule has 0 radical (unpaired) electrons. The molecule has 1 atom stereocenters. The maximum Gasteiger partial charge on any atom is 0.306 e. The minimum atomic E-state index is -0.578. The van der Waals surface area contributed by atoms with E-state index in [-0.39, 0.29) is 25.2 Å². The molecule has 70 heavy (non-hydrogen) atoms. The number of carbonyl (C=O) groups is 2. The second kappa shape index (κ2) is 59.9. The third-order valence-corrected chi connectivity index (χ3v) is 12.3. The second-order valence-corrected chi connectivity index (χ2v) is 19.2. The number of unbranched alkanes of at least 4 members (excludes halogenated alkanes) is 24. The van der Waals surface area contributed by atoms with Crippen LogP contribution < -0.4 is 0 Å². The van der Waals surface area contributed by atoms with Gasteiger partial charge in [-0.1, -0.05) is 265 Å². The number of rotatable bonds is 53. The number of ether oxygens (including phenoxy) is 3. The minimum Gasteiger partial charge on any atom is -0.462 e. The Labute approximate surface area is 434 Å². The summed E-state index contributed by atoms with van der Waals surface area (Å²) in [6.45, 7) is 7.60. The summed E-state index contributed by atoms with van der Waals surface area (Å²) in [6, 6.07) is 0. The van der Waals surface area contributed by atoms with E-state index in [1.54, 1.807) is 0 Å². The summed E-state index contributed by atoms with van der Waals surface area (Å²) in [5, 5.41) is 0. The average Bonchev–Trinajstić information content (AvgIpc) is 3.36. The monoisotopic (exact) mass is 971 g/mol. The number of hydrogen-bond acceptors (Lipinski definition) is 5. The van der Waals surface area contributed by atoms with E-state index in [9.17, 15) is 9.59 Å². The third-order valence-electron chi connectivity index (χ3n) is 12.3. The van der Waals surface area contributed by atoms with Crippen LogP contribution in [0.15, 0.2) is 109 Å². The highest BCUT2D eigenvalue weighted by molar-refractivity contribution is 5.70. The van der Waals surface area contributed by atoms with E-state index in [1.807, 2.05) is 6.08 Å². The highest BCUT2D eigenvalue weighted by Crippen LogP contribution is 2.15. The second-order valence-electron chi connectivity index (χ2n) is 19.2. The van der Waals surface area contributed by atoms with Crippen molar-refractivity contribution < 1.29 is 23.8 Å². The van der Waals surface area contributed by atoms with Gasteiger partial charge in [-0.15, -0.1) is 0 Å². The van der Waals surface area contributed by atoms with Crippen LogP contribution in [0.2, 0.25) is 0 Å². The van der Waals surface area contributed by atoms with Gasteiger partial charge in [0.05, 0.1) is 6.61 Å². The predicted molar refractivity (Wildman–Crippen MR) is 306 cm³/mol. The van der Waals surface area contributed by atoms with E-state index in [1.165, 1.54) is 148 Å². The summed E-state index contributed by atoms with van der Waals surface area (Å²) in [5.41, 5.74) is 0. The molecule has 0 fully saturated rings. The lowest BCUT2D eigenvalue weighted by atomic mass is 10.0. The van der Waals surface area contributed by atoms with Gasteiger partial charge in [-0.2, -0.15) is 0 Å². The molecule has 0 spiro atoms. The van der Waals surface area contributed by atoms with Crippen LogP contribution in [-0.4, -0.2) is 37.9 Å². The van der Waals surface area contributed by atoms with E-state index in [0.29, 0.717) is 25.9 Å². The molecule has 0 N–H and O–H groups in total. The van der Waals surface area contributed by atoms with Crippen molar-refractivity contribution in [2.75, 3.05) is 19.8 Å². The van der Waals surface area contributed by atoms with Crippen molar-refractivity contribution in [2.45, 2.75) is 271 Å². The van der Waals surface area contributed by atoms with Crippen molar-refractivity contribution in [2.24, 2.45) is 0 Å². The van der Waals surface area contributed by atoms with Crippen molar-refractivity contribution in [3.63, 3.8) is 0 Å². The summed E-state index contributed by atoms with van der Waals surface area (Å²) in [5.74, 6) is -0.496. The lowest BCUT2D eigenvalue weighted by Crippen LogP contribution is -2.30. The smallest absolute Gasteiger partial charge is 0.306 e. The van der Waals surface area contributed by atoms with Gasteiger partial charge in [0.25, 0.3) is 0 Å². The van der Waals surface area contributed by atoms with Gasteiger partial charge in [0.2, 0.25) is 0 Å². The Hall–Kier alpha value is -3.44. The van der Waals surface area contributed by atoms with Crippen LogP contribution in [0, 0.1) is 0 Å². The molecule has 5 heteroatoms. The Kier molecular flexibility index (Phi) is 56.9. The van der Waals surface area contributed by atoms with Crippen LogP contribution in [0.3, 0.4) is 0 Å². The highest BCUT2D eigenvalue weighted by Gasteiger charge is 2.17. The molecule has 0 aromatic rings. The maximum absolute atomic E-state index is 12.9. The van der Waals surface area contributed by atoms with Crippen molar-refractivity contribution in [3.05, 3.63) is 109 Å². The molecule has 1 unspecified atom stereocenters. The molecule has 0 saturated heterocycles. The van der Waals surface area contributed by atoms with Gasteiger partial charge in [-0.05, 0) is 96.3 Å². The summed E-state index contributed by atoms with van der Waals surface area (Å²) >= 11 is 0. The Morgan fingerprint density at radius 1 is 0.329 bits per heavy atom. The molecule has 0 aliphatic carbocycles. The van der Waals surface area contributed by atoms with Crippen LogP contribution in [0.4, 0.5) is 0 Å². The molecule has 0 rings (SSSR count). The van der Waals surface area contributed by atoms with Gasteiger partial charge < -0.3 is 14.2 Å². The Bertz CT molecular complexity index is 1380. The fourth-order valence-electron chi connectivity index (χ4n) is 7.96. The van der Waals surface area contributed by atoms with Crippen LogP contribution in [0.25, 0.3) is 0 Å². The maximum atomic E-state index is 12.9. The van der Waals surface area contributed by atoms with E-state index in [0.717, 1.165) is 77.0 Å². The molecule has 0 aliphatic heterocycles. The summed E-state index contributed by atoms with van der Waals surface area (Å²) < 4.78 is 17.4. The predicted octanol–water partition coefficient (Wildman–Crippen LogP) is 20.3. The number of esters is 2. The molecule has 5 nitrogen and oxygen atoms in total. The van der Waals surface area contributed by atoms with Crippen LogP contribution in [0.1, 0.15) is 265 Å². The van der Waals surface area contributed by atoms with Crippen LogP contribution in [-0.2, 0) is 23.8 Å². The fraction of sp³-hybridized carbons (Fsp3) is 0.692. The molecule has 0 amide bonds. The van der Waals surface area contributed by atoms with Crippen molar-refractivity contribution >= 4 is 11.9 Å². The quantitative estimate of drug-likeness (QED) is 0.0345. The normalized spacial score (nSPS) is 13.0. The molecule has 0 saturated carbocycles. The van der Waals surface area contributed by atoms with Gasteiger partial charge in [-0.3, -0.25) is 9.59 Å².